The van der Waals surface area contributed by atoms with Crippen LogP contribution < -0.4 is 11.5 Å². The summed E-state index contributed by atoms with van der Waals surface area (Å²) in [5, 5.41) is 9.25. The number of halogens is 2. The first-order valence-corrected chi connectivity index (χ1v) is 12.8. The Bertz CT molecular complexity index is 1520. The first-order chi connectivity index (χ1) is 18.4. The van der Waals surface area contributed by atoms with Gasteiger partial charge in [0.15, 0.2) is 0 Å². The van der Waals surface area contributed by atoms with Gasteiger partial charge in [0.2, 0.25) is 0 Å². The van der Waals surface area contributed by atoms with Gasteiger partial charge in [-0.2, -0.15) is 10.2 Å². The summed E-state index contributed by atoms with van der Waals surface area (Å²) >= 11 is 0. The largest absolute Gasteiger partial charge is 0.383 e. The van der Waals surface area contributed by atoms with Gasteiger partial charge in [-0.15, -0.1) is 0 Å². The lowest BCUT2D eigenvalue weighted by atomic mass is 9.65. The van der Waals surface area contributed by atoms with Gasteiger partial charge in [-0.1, -0.05) is 24.1 Å². The van der Waals surface area contributed by atoms with E-state index in [0.29, 0.717) is 35.6 Å². The molecule has 3 aromatic rings. The summed E-state index contributed by atoms with van der Waals surface area (Å²) < 4.78 is 30.9. The molecule has 1 aromatic carbocycles. The molecule has 1 saturated carbocycles. The average molecular weight is 536 g/mol. The van der Waals surface area contributed by atoms with Gasteiger partial charge in [0.25, 0.3) is 17.7 Å². The maximum absolute atomic E-state index is 13.8. The highest BCUT2D eigenvalue weighted by atomic mass is 19.3. The normalized spacial score (nSPS) is 20.5. The van der Waals surface area contributed by atoms with Crippen molar-refractivity contribution in [1.82, 2.24) is 24.5 Å². The molecule has 2 amide bonds. The molecule has 0 radical (unpaired) electrons. The fraction of sp³-hybridized carbons (Fsp3) is 0.429. The second-order valence-corrected chi connectivity index (χ2v) is 10.7. The molecule has 0 unspecified atom stereocenters. The summed E-state index contributed by atoms with van der Waals surface area (Å²) in [5.74, 6) is 1.67. The summed E-state index contributed by atoms with van der Waals surface area (Å²) in [6.07, 6.45) is 4.16. The summed E-state index contributed by atoms with van der Waals surface area (Å²) in [7, 11) is 0. The van der Waals surface area contributed by atoms with Gasteiger partial charge in [0, 0.05) is 37.3 Å². The Hall–Kier alpha value is -4.20. The second kappa shape index (κ2) is 9.52. The van der Waals surface area contributed by atoms with Crippen molar-refractivity contribution in [3.05, 3.63) is 52.8 Å². The van der Waals surface area contributed by atoms with Gasteiger partial charge >= 0.3 is 0 Å². The molecule has 0 bridgehead atoms. The molecule has 3 heterocycles. The van der Waals surface area contributed by atoms with E-state index < -0.39 is 11.8 Å². The van der Waals surface area contributed by atoms with Gasteiger partial charge in [-0.25, -0.2) is 13.5 Å². The van der Waals surface area contributed by atoms with Gasteiger partial charge in [-0.05, 0) is 56.1 Å². The number of anilines is 1. The molecule has 2 aliphatic rings. The number of nitrogen functional groups attached to an aromatic ring is 1. The van der Waals surface area contributed by atoms with Crippen LogP contribution in [0, 0.1) is 24.2 Å². The molecule has 1 spiro atoms. The Morgan fingerprint density at radius 3 is 2.67 bits per heavy atom. The zero-order valence-electron chi connectivity index (χ0n) is 22.2. The van der Waals surface area contributed by atoms with Crippen LogP contribution in [-0.4, -0.2) is 49.4 Å². The maximum Gasteiger partial charge on any atom is 0.298 e. The van der Waals surface area contributed by atoms with Crippen molar-refractivity contribution in [3.63, 3.8) is 0 Å². The lowest BCUT2D eigenvalue weighted by Gasteiger charge is -2.45. The Labute approximate surface area is 225 Å². The SMILES string of the molecule is CC#CC(=O)N1CC[C@]2(C1)C[C@H](n1nc(-c3cn(Cc4cccc(C(C)(F)F)c4)nc3C)c(C(N)=O)c1N)C2. The molecule has 4 N–H and O–H groups in total. The minimum Gasteiger partial charge on any atom is -0.383 e. The molecule has 1 saturated heterocycles. The average Bonchev–Trinajstić information content (AvgIpc) is 3.53. The molecule has 204 valence electrons. The summed E-state index contributed by atoms with van der Waals surface area (Å²) in [4.78, 5) is 26.4. The van der Waals surface area contributed by atoms with Crippen LogP contribution in [0.15, 0.2) is 30.5 Å². The Kier molecular flexibility index (Phi) is 6.45. The van der Waals surface area contributed by atoms with E-state index in [2.05, 4.69) is 16.9 Å². The van der Waals surface area contributed by atoms with Crippen LogP contribution in [0.2, 0.25) is 0 Å². The van der Waals surface area contributed by atoms with Crippen LogP contribution in [-0.2, 0) is 17.3 Å². The molecule has 2 fully saturated rings. The van der Waals surface area contributed by atoms with Gasteiger partial charge < -0.3 is 16.4 Å². The van der Waals surface area contributed by atoms with Crippen molar-refractivity contribution in [2.75, 3.05) is 18.8 Å². The van der Waals surface area contributed by atoms with E-state index in [-0.39, 0.29) is 40.9 Å². The third kappa shape index (κ3) is 4.87. The number of alkyl halides is 2. The molecule has 5 rings (SSSR count). The number of rotatable bonds is 6. The molecule has 1 aliphatic carbocycles. The lowest BCUT2D eigenvalue weighted by Crippen LogP contribution is -2.42. The fourth-order valence-corrected chi connectivity index (χ4v) is 5.86. The molecule has 2 aromatic heterocycles. The Balaban J connectivity index is 1.39. The van der Waals surface area contributed by atoms with Crippen LogP contribution in [0.1, 0.15) is 66.3 Å². The van der Waals surface area contributed by atoms with Crippen LogP contribution in [0.3, 0.4) is 0 Å². The van der Waals surface area contributed by atoms with Crippen LogP contribution in [0.4, 0.5) is 14.6 Å². The number of benzene rings is 1. The first-order valence-electron chi connectivity index (χ1n) is 12.8. The molecule has 0 atom stereocenters. The smallest absolute Gasteiger partial charge is 0.298 e. The highest BCUT2D eigenvalue weighted by Gasteiger charge is 2.51. The molecule has 9 nitrogen and oxygen atoms in total. The summed E-state index contributed by atoms with van der Waals surface area (Å²) in [6, 6.07) is 6.17. The predicted molar refractivity (Wildman–Crippen MR) is 142 cm³/mol. The van der Waals surface area contributed by atoms with E-state index >= 15 is 0 Å². The zero-order valence-corrected chi connectivity index (χ0v) is 22.2. The quantitative estimate of drug-likeness (QED) is 0.468. The molecule has 1 aliphatic heterocycles. The summed E-state index contributed by atoms with van der Waals surface area (Å²) in [5.41, 5.74) is 14.4. The van der Waals surface area contributed by atoms with E-state index in [4.69, 9.17) is 16.6 Å². The predicted octanol–water partition coefficient (Wildman–Crippen LogP) is 3.47. The first kappa shape index (κ1) is 26.4. The third-order valence-electron chi connectivity index (χ3n) is 7.81. The minimum absolute atomic E-state index is 0.00811. The number of hydrogen-bond acceptors (Lipinski definition) is 5. The van der Waals surface area contributed by atoms with Crippen molar-refractivity contribution in [1.29, 1.82) is 0 Å². The Morgan fingerprint density at radius 1 is 1.26 bits per heavy atom. The molecule has 11 heteroatoms. The minimum atomic E-state index is -2.95. The highest BCUT2D eigenvalue weighted by molar-refractivity contribution is 6.03. The van der Waals surface area contributed by atoms with E-state index in [9.17, 15) is 18.4 Å². The highest BCUT2D eigenvalue weighted by Crippen LogP contribution is 2.54. The van der Waals surface area contributed by atoms with Crippen molar-refractivity contribution < 1.29 is 18.4 Å². The number of amides is 2. The number of primary amides is 1. The monoisotopic (exact) mass is 535 g/mol. The fourth-order valence-electron chi connectivity index (χ4n) is 5.86. The number of nitrogens with two attached hydrogens (primary N) is 2. The number of carbonyl (C=O) groups excluding carboxylic acids is 2. The third-order valence-corrected chi connectivity index (χ3v) is 7.81. The van der Waals surface area contributed by atoms with Crippen LogP contribution in [0.25, 0.3) is 11.3 Å². The molecular weight excluding hydrogens is 504 g/mol. The number of hydrogen-bond donors (Lipinski definition) is 2. The maximum atomic E-state index is 13.8. The van der Waals surface area contributed by atoms with E-state index in [1.54, 1.807) is 46.4 Å². The van der Waals surface area contributed by atoms with Crippen LogP contribution >= 0.6 is 0 Å². The van der Waals surface area contributed by atoms with E-state index in [1.165, 1.54) is 12.1 Å². The molecule has 39 heavy (non-hydrogen) atoms. The lowest BCUT2D eigenvalue weighted by molar-refractivity contribution is -0.125. The number of carbonyl (C=O) groups is 2. The number of aryl methyl sites for hydroxylation is 1. The van der Waals surface area contributed by atoms with E-state index in [0.717, 1.165) is 26.2 Å². The van der Waals surface area contributed by atoms with Crippen molar-refractivity contribution in [2.45, 2.75) is 58.5 Å². The number of aromatic nitrogens is 4. The van der Waals surface area contributed by atoms with Crippen molar-refractivity contribution >= 4 is 17.6 Å². The number of nitrogens with zero attached hydrogens (tertiary/aromatic N) is 5. The van der Waals surface area contributed by atoms with Crippen molar-refractivity contribution in [2.24, 2.45) is 11.1 Å². The second-order valence-electron chi connectivity index (χ2n) is 10.7. The number of likely N-dealkylation sites (tertiary alicyclic amines) is 1. The standard InChI is InChI=1S/C28H31F2N7O2/c1-4-6-22(38)35-10-9-28(16-35)12-20(13-28)37-25(31)23(26(32)39)24(34-37)21-15-36(33-17(21)2)14-18-7-5-8-19(11-18)27(3,29)30/h5,7-8,11,15,20H,9-10,12-14,16,31H2,1-3H3,(H2,32,39)/t20-,28-. The Morgan fingerprint density at radius 2 is 2.00 bits per heavy atom. The van der Waals surface area contributed by atoms with Gasteiger partial charge in [0.05, 0.1) is 18.3 Å². The van der Waals surface area contributed by atoms with E-state index in [1.807, 2.05) is 0 Å². The summed E-state index contributed by atoms with van der Waals surface area (Å²) in [6.45, 7) is 5.87. The zero-order chi connectivity index (χ0) is 28.1. The molecular formula is C28H31F2N7O2. The van der Waals surface area contributed by atoms with Crippen LogP contribution in [0.5, 0.6) is 0 Å². The van der Waals surface area contributed by atoms with Gasteiger partial charge in [0.1, 0.15) is 17.1 Å². The van der Waals surface area contributed by atoms with Crippen molar-refractivity contribution in [3.8, 4) is 23.1 Å². The topological polar surface area (TPSA) is 125 Å². The van der Waals surface area contributed by atoms with Gasteiger partial charge in [-0.3, -0.25) is 14.3 Å².